The van der Waals surface area contributed by atoms with Crippen molar-refractivity contribution >= 4 is 5.91 Å². The molecule has 2 rings (SSSR count). The molecule has 88 valence electrons. The molecular formula is C11H12N4O2. The van der Waals surface area contributed by atoms with Gasteiger partial charge in [-0.15, -0.1) is 5.10 Å². The van der Waals surface area contributed by atoms with E-state index in [0.29, 0.717) is 18.7 Å². The standard InChI is InChI=1S/C11H12N4O2/c16-10-3-1-9(2-4-10)11(17)12-5-7-15-8-6-13-14-15/h1-4,6,8,16H,5,7H2,(H,12,17). The summed E-state index contributed by atoms with van der Waals surface area (Å²) in [5, 5.41) is 19.3. The molecule has 1 amide bonds. The van der Waals surface area contributed by atoms with Crippen LogP contribution in [0.25, 0.3) is 0 Å². The molecule has 2 aromatic rings. The zero-order valence-corrected chi connectivity index (χ0v) is 9.08. The second-order valence-electron chi connectivity index (χ2n) is 3.47. The Morgan fingerprint density at radius 3 is 2.76 bits per heavy atom. The molecule has 0 fully saturated rings. The van der Waals surface area contributed by atoms with Gasteiger partial charge in [0.05, 0.1) is 12.7 Å². The fraction of sp³-hybridized carbons (Fsp3) is 0.182. The highest BCUT2D eigenvalue weighted by Crippen LogP contribution is 2.09. The maximum atomic E-state index is 11.6. The third kappa shape index (κ3) is 3.04. The van der Waals surface area contributed by atoms with Crippen LogP contribution in [0.15, 0.2) is 36.7 Å². The molecule has 1 aromatic carbocycles. The predicted octanol–water partition coefficient (Wildman–Crippen LogP) is 0.414. The van der Waals surface area contributed by atoms with E-state index in [4.69, 9.17) is 5.11 Å². The summed E-state index contributed by atoms with van der Waals surface area (Å²) in [6.45, 7) is 1.05. The number of amides is 1. The zero-order valence-electron chi connectivity index (χ0n) is 9.08. The Kier molecular flexibility index (Phi) is 3.34. The van der Waals surface area contributed by atoms with Gasteiger partial charge in [0.2, 0.25) is 0 Å². The number of hydrogen-bond donors (Lipinski definition) is 2. The average Bonchev–Trinajstić information content (AvgIpc) is 2.83. The molecule has 0 spiro atoms. The van der Waals surface area contributed by atoms with Crippen molar-refractivity contribution < 1.29 is 9.90 Å². The summed E-state index contributed by atoms with van der Waals surface area (Å²) in [7, 11) is 0. The summed E-state index contributed by atoms with van der Waals surface area (Å²) in [5.74, 6) is -0.0331. The third-order valence-electron chi connectivity index (χ3n) is 2.23. The Balaban J connectivity index is 1.83. The van der Waals surface area contributed by atoms with Crippen LogP contribution in [-0.2, 0) is 6.54 Å². The smallest absolute Gasteiger partial charge is 0.251 e. The monoisotopic (exact) mass is 232 g/mol. The minimum absolute atomic E-state index is 0.143. The molecule has 6 nitrogen and oxygen atoms in total. The highest BCUT2D eigenvalue weighted by molar-refractivity contribution is 5.94. The molecule has 0 radical (unpaired) electrons. The summed E-state index contributed by atoms with van der Waals surface area (Å²) in [6.07, 6.45) is 3.31. The molecule has 0 aliphatic carbocycles. The van der Waals surface area contributed by atoms with Crippen molar-refractivity contribution in [3.63, 3.8) is 0 Å². The average molecular weight is 232 g/mol. The van der Waals surface area contributed by atoms with Crippen molar-refractivity contribution in [2.24, 2.45) is 0 Å². The van der Waals surface area contributed by atoms with E-state index in [0.717, 1.165) is 0 Å². The van der Waals surface area contributed by atoms with Crippen molar-refractivity contribution in [1.29, 1.82) is 0 Å². The van der Waals surface area contributed by atoms with Crippen molar-refractivity contribution in [2.45, 2.75) is 6.54 Å². The van der Waals surface area contributed by atoms with Gasteiger partial charge in [-0.25, -0.2) is 0 Å². The molecule has 1 heterocycles. The molecule has 0 atom stereocenters. The second kappa shape index (κ2) is 5.11. The minimum atomic E-state index is -0.176. The van der Waals surface area contributed by atoms with Crippen LogP contribution in [0.2, 0.25) is 0 Å². The molecule has 0 saturated heterocycles. The van der Waals surface area contributed by atoms with Gasteiger partial charge >= 0.3 is 0 Å². The Morgan fingerprint density at radius 1 is 1.35 bits per heavy atom. The number of carbonyl (C=O) groups is 1. The van der Waals surface area contributed by atoms with Crippen molar-refractivity contribution in [1.82, 2.24) is 20.3 Å². The summed E-state index contributed by atoms with van der Waals surface area (Å²) >= 11 is 0. The van der Waals surface area contributed by atoms with Crippen LogP contribution in [0.4, 0.5) is 0 Å². The zero-order chi connectivity index (χ0) is 12.1. The third-order valence-corrected chi connectivity index (χ3v) is 2.23. The molecule has 0 saturated carbocycles. The van der Waals surface area contributed by atoms with Crippen LogP contribution >= 0.6 is 0 Å². The Bertz CT molecular complexity index is 479. The topological polar surface area (TPSA) is 80.0 Å². The van der Waals surface area contributed by atoms with Gasteiger partial charge in [-0.1, -0.05) is 5.21 Å². The van der Waals surface area contributed by atoms with Crippen LogP contribution in [0.1, 0.15) is 10.4 Å². The molecule has 0 aliphatic heterocycles. The molecule has 0 unspecified atom stereocenters. The van der Waals surface area contributed by atoms with Gasteiger partial charge in [0.15, 0.2) is 0 Å². The van der Waals surface area contributed by atoms with Crippen molar-refractivity contribution in [2.75, 3.05) is 6.54 Å². The lowest BCUT2D eigenvalue weighted by atomic mass is 10.2. The maximum absolute atomic E-state index is 11.6. The van der Waals surface area contributed by atoms with Gasteiger partial charge in [0.25, 0.3) is 5.91 Å². The fourth-order valence-electron chi connectivity index (χ4n) is 1.35. The van der Waals surface area contributed by atoms with Crippen LogP contribution in [0.5, 0.6) is 5.75 Å². The van der Waals surface area contributed by atoms with E-state index in [2.05, 4.69) is 15.6 Å². The Labute approximate surface area is 97.9 Å². The first-order valence-corrected chi connectivity index (χ1v) is 5.17. The number of hydrogen-bond acceptors (Lipinski definition) is 4. The van der Waals surface area contributed by atoms with Crippen LogP contribution < -0.4 is 5.32 Å². The number of phenolic OH excluding ortho intramolecular Hbond substituents is 1. The van der Waals surface area contributed by atoms with E-state index in [-0.39, 0.29) is 11.7 Å². The number of nitrogens with zero attached hydrogens (tertiary/aromatic N) is 3. The number of phenols is 1. The quantitative estimate of drug-likeness (QED) is 0.800. The van der Waals surface area contributed by atoms with Gasteiger partial charge < -0.3 is 10.4 Å². The van der Waals surface area contributed by atoms with Gasteiger partial charge in [-0.2, -0.15) is 0 Å². The number of aromatic hydroxyl groups is 1. The van der Waals surface area contributed by atoms with E-state index < -0.39 is 0 Å². The van der Waals surface area contributed by atoms with Crippen LogP contribution in [0.3, 0.4) is 0 Å². The lowest BCUT2D eigenvalue weighted by molar-refractivity contribution is 0.0952. The lowest BCUT2D eigenvalue weighted by Gasteiger charge is -2.04. The molecule has 0 aliphatic rings. The predicted molar refractivity (Wildman–Crippen MR) is 60.5 cm³/mol. The van der Waals surface area contributed by atoms with Crippen LogP contribution in [0, 0.1) is 0 Å². The Morgan fingerprint density at radius 2 is 2.12 bits per heavy atom. The molecule has 6 heteroatoms. The maximum Gasteiger partial charge on any atom is 0.251 e. The van der Waals surface area contributed by atoms with Crippen LogP contribution in [-0.4, -0.2) is 32.6 Å². The highest BCUT2D eigenvalue weighted by atomic mass is 16.3. The molecule has 1 aromatic heterocycles. The summed E-state index contributed by atoms with van der Waals surface area (Å²) in [4.78, 5) is 11.6. The van der Waals surface area contributed by atoms with E-state index in [9.17, 15) is 4.79 Å². The first-order chi connectivity index (χ1) is 8.25. The van der Waals surface area contributed by atoms with Gasteiger partial charge in [-0.3, -0.25) is 9.48 Å². The molecular weight excluding hydrogens is 220 g/mol. The fourth-order valence-corrected chi connectivity index (χ4v) is 1.35. The van der Waals surface area contributed by atoms with Gasteiger partial charge in [-0.05, 0) is 24.3 Å². The normalized spacial score (nSPS) is 10.1. The lowest BCUT2D eigenvalue weighted by Crippen LogP contribution is -2.27. The number of benzene rings is 1. The SMILES string of the molecule is O=C(NCCn1ccnn1)c1ccc(O)cc1. The number of carbonyl (C=O) groups excluding carboxylic acids is 1. The molecule has 0 bridgehead atoms. The van der Waals surface area contributed by atoms with Gasteiger partial charge in [0.1, 0.15) is 5.75 Å². The minimum Gasteiger partial charge on any atom is -0.508 e. The van der Waals surface area contributed by atoms with Crippen molar-refractivity contribution in [3.8, 4) is 5.75 Å². The van der Waals surface area contributed by atoms with E-state index in [1.807, 2.05) is 0 Å². The highest BCUT2D eigenvalue weighted by Gasteiger charge is 2.04. The number of nitrogens with one attached hydrogen (secondary N) is 1. The largest absolute Gasteiger partial charge is 0.508 e. The Hall–Kier alpha value is -2.37. The van der Waals surface area contributed by atoms with Gasteiger partial charge in [0, 0.05) is 18.3 Å². The summed E-state index contributed by atoms with van der Waals surface area (Å²) in [5.41, 5.74) is 0.515. The van der Waals surface area contributed by atoms with E-state index in [1.165, 1.54) is 12.1 Å². The first kappa shape index (κ1) is 11.1. The first-order valence-electron chi connectivity index (χ1n) is 5.17. The second-order valence-corrected chi connectivity index (χ2v) is 3.47. The van der Waals surface area contributed by atoms with Crippen molar-refractivity contribution in [3.05, 3.63) is 42.2 Å². The summed E-state index contributed by atoms with van der Waals surface area (Å²) < 4.78 is 1.64. The number of aromatic nitrogens is 3. The summed E-state index contributed by atoms with van der Waals surface area (Å²) in [6, 6.07) is 6.10. The molecule has 2 N–H and O–H groups in total. The van der Waals surface area contributed by atoms with E-state index in [1.54, 1.807) is 29.2 Å². The number of rotatable bonds is 4. The van der Waals surface area contributed by atoms with E-state index >= 15 is 0 Å². The molecule has 17 heavy (non-hydrogen) atoms.